The maximum Gasteiger partial charge on any atom is 0.119 e. The Morgan fingerprint density at radius 2 is 2.05 bits per heavy atom. The lowest BCUT2D eigenvalue weighted by Gasteiger charge is -2.07. The quantitative estimate of drug-likeness (QED) is 0.500. The smallest absolute Gasteiger partial charge is 0.119 e. The van der Waals surface area contributed by atoms with E-state index in [1.165, 1.54) is 0 Å². The number of aryl methyl sites for hydroxylation is 1. The molecular formula is C15H19N3O2. The SMILES string of the molecule is CC/C(=N/O)c1ccc(OCCc2ccnn2C)cc1. The lowest BCUT2D eigenvalue weighted by Crippen LogP contribution is -2.06. The van der Waals surface area contributed by atoms with Crippen LogP contribution in [0.15, 0.2) is 41.7 Å². The average molecular weight is 273 g/mol. The Labute approximate surface area is 118 Å². The summed E-state index contributed by atoms with van der Waals surface area (Å²) in [5, 5.41) is 16.3. The molecule has 0 aliphatic rings. The molecule has 0 saturated heterocycles. The molecule has 0 aliphatic carbocycles. The molecule has 0 atom stereocenters. The van der Waals surface area contributed by atoms with Crippen molar-refractivity contribution in [3.05, 3.63) is 47.8 Å². The molecule has 0 amide bonds. The van der Waals surface area contributed by atoms with Gasteiger partial charge >= 0.3 is 0 Å². The Morgan fingerprint density at radius 3 is 2.60 bits per heavy atom. The molecule has 0 fully saturated rings. The van der Waals surface area contributed by atoms with E-state index in [2.05, 4.69) is 10.3 Å². The summed E-state index contributed by atoms with van der Waals surface area (Å²) in [4.78, 5) is 0. The summed E-state index contributed by atoms with van der Waals surface area (Å²) in [5.41, 5.74) is 2.72. The number of hydrogen-bond donors (Lipinski definition) is 1. The Balaban J connectivity index is 1.89. The van der Waals surface area contributed by atoms with Gasteiger partial charge in [0, 0.05) is 25.4 Å². The summed E-state index contributed by atoms with van der Waals surface area (Å²) < 4.78 is 7.54. The average Bonchev–Trinajstić information content (AvgIpc) is 2.87. The predicted molar refractivity (Wildman–Crippen MR) is 77.5 cm³/mol. The number of nitrogens with zero attached hydrogens (tertiary/aromatic N) is 3. The minimum Gasteiger partial charge on any atom is -0.493 e. The molecule has 0 aliphatic heterocycles. The van der Waals surface area contributed by atoms with E-state index >= 15 is 0 Å². The van der Waals surface area contributed by atoms with Gasteiger partial charge in [-0.15, -0.1) is 0 Å². The van der Waals surface area contributed by atoms with Crippen molar-refractivity contribution in [2.75, 3.05) is 6.61 Å². The summed E-state index contributed by atoms with van der Waals surface area (Å²) in [5.74, 6) is 0.810. The fraction of sp³-hybridized carbons (Fsp3) is 0.333. The highest BCUT2D eigenvalue weighted by atomic mass is 16.5. The number of rotatable bonds is 6. The molecule has 1 aromatic carbocycles. The van der Waals surface area contributed by atoms with Crippen molar-refractivity contribution in [1.82, 2.24) is 9.78 Å². The van der Waals surface area contributed by atoms with Gasteiger partial charge in [-0.2, -0.15) is 5.10 Å². The summed E-state index contributed by atoms with van der Waals surface area (Å²) in [6.07, 6.45) is 3.29. The Bertz CT molecular complexity index is 573. The minimum absolute atomic E-state index is 0.605. The fourth-order valence-electron chi connectivity index (χ4n) is 2.00. The highest BCUT2D eigenvalue weighted by Gasteiger charge is 2.03. The molecule has 2 rings (SSSR count). The van der Waals surface area contributed by atoms with Crippen molar-refractivity contribution in [3.63, 3.8) is 0 Å². The van der Waals surface area contributed by atoms with Crippen LogP contribution in [-0.4, -0.2) is 27.3 Å². The number of hydrogen-bond acceptors (Lipinski definition) is 4. The second-order valence-electron chi connectivity index (χ2n) is 4.47. The molecule has 0 unspecified atom stereocenters. The van der Waals surface area contributed by atoms with Gasteiger partial charge in [-0.1, -0.05) is 12.1 Å². The third kappa shape index (κ3) is 3.38. The van der Waals surface area contributed by atoms with Gasteiger partial charge in [0.15, 0.2) is 0 Å². The molecule has 5 heteroatoms. The zero-order valence-electron chi connectivity index (χ0n) is 11.8. The molecule has 1 aromatic heterocycles. The third-order valence-corrected chi connectivity index (χ3v) is 3.19. The first-order chi connectivity index (χ1) is 9.74. The summed E-state index contributed by atoms with van der Waals surface area (Å²) in [6.45, 7) is 2.56. The van der Waals surface area contributed by atoms with E-state index in [4.69, 9.17) is 9.94 Å². The van der Waals surface area contributed by atoms with Crippen molar-refractivity contribution >= 4 is 5.71 Å². The van der Waals surface area contributed by atoms with Gasteiger partial charge in [0.1, 0.15) is 5.75 Å². The van der Waals surface area contributed by atoms with Gasteiger partial charge in [-0.05, 0) is 42.3 Å². The van der Waals surface area contributed by atoms with Gasteiger partial charge in [-0.3, -0.25) is 4.68 Å². The van der Waals surface area contributed by atoms with Crippen molar-refractivity contribution in [3.8, 4) is 5.75 Å². The Kier molecular flexibility index (Phi) is 4.76. The standard InChI is InChI=1S/C15H19N3O2/c1-3-15(17-19)12-4-6-14(7-5-12)20-11-9-13-8-10-16-18(13)2/h4-8,10,19H,3,9,11H2,1-2H3/b17-15-. The molecule has 0 saturated carbocycles. The van der Waals surface area contributed by atoms with E-state index in [0.29, 0.717) is 18.7 Å². The fourth-order valence-corrected chi connectivity index (χ4v) is 2.00. The van der Waals surface area contributed by atoms with Crippen molar-refractivity contribution in [1.29, 1.82) is 0 Å². The van der Waals surface area contributed by atoms with Crippen LogP contribution in [0, 0.1) is 0 Å². The van der Waals surface area contributed by atoms with Crippen LogP contribution >= 0.6 is 0 Å². The van der Waals surface area contributed by atoms with E-state index in [1.807, 2.05) is 49.0 Å². The zero-order valence-corrected chi connectivity index (χ0v) is 11.8. The second kappa shape index (κ2) is 6.75. The molecule has 0 bridgehead atoms. The lowest BCUT2D eigenvalue weighted by molar-refractivity contribution is 0.317. The van der Waals surface area contributed by atoms with Crippen LogP contribution in [0.2, 0.25) is 0 Å². The molecule has 0 radical (unpaired) electrons. The largest absolute Gasteiger partial charge is 0.493 e. The predicted octanol–water partition coefficient (Wildman–Crippen LogP) is 2.63. The van der Waals surface area contributed by atoms with Crippen molar-refractivity contribution in [2.45, 2.75) is 19.8 Å². The van der Waals surface area contributed by atoms with Crippen LogP contribution in [0.25, 0.3) is 0 Å². The molecule has 2 aromatic rings. The van der Waals surface area contributed by atoms with Crippen LogP contribution in [0.3, 0.4) is 0 Å². The van der Waals surface area contributed by atoms with Crippen molar-refractivity contribution in [2.24, 2.45) is 12.2 Å². The molecule has 1 heterocycles. The first kappa shape index (κ1) is 14.1. The second-order valence-corrected chi connectivity index (χ2v) is 4.47. The Hall–Kier alpha value is -2.30. The molecule has 0 spiro atoms. The van der Waals surface area contributed by atoms with Gasteiger partial charge in [-0.25, -0.2) is 0 Å². The van der Waals surface area contributed by atoms with E-state index in [-0.39, 0.29) is 0 Å². The van der Waals surface area contributed by atoms with Gasteiger partial charge in [0.25, 0.3) is 0 Å². The minimum atomic E-state index is 0.605. The monoisotopic (exact) mass is 273 g/mol. The third-order valence-electron chi connectivity index (χ3n) is 3.19. The zero-order chi connectivity index (χ0) is 14.4. The number of ether oxygens (including phenoxy) is 1. The van der Waals surface area contributed by atoms with Gasteiger partial charge in [0.2, 0.25) is 0 Å². The lowest BCUT2D eigenvalue weighted by atomic mass is 10.1. The first-order valence-corrected chi connectivity index (χ1v) is 6.65. The van der Waals surface area contributed by atoms with Crippen LogP contribution in [0.1, 0.15) is 24.6 Å². The first-order valence-electron chi connectivity index (χ1n) is 6.65. The molecule has 106 valence electrons. The number of aromatic nitrogens is 2. The summed E-state index contributed by atoms with van der Waals surface area (Å²) in [7, 11) is 1.92. The van der Waals surface area contributed by atoms with E-state index in [9.17, 15) is 0 Å². The van der Waals surface area contributed by atoms with Crippen LogP contribution in [0.5, 0.6) is 5.75 Å². The molecule has 1 N–H and O–H groups in total. The maximum absolute atomic E-state index is 8.87. The van der Waals surface area contributed by atoms with Gasteiger partial charge in [0.05, 0.1) is 12.3 Å². The highest BCUT2D eigenvalue weighted by molar-refractivity contribution is 6.00. The topological polar surface area (TPSA) is 59.6 Å². The number of oxime groups is 1. The van der Waals surface area contributed by atoms with Crippen molar-refractivity contribution < 1.29 is 9.94 Å². The number of benzene rings is 1. The van der Waals surface area contributed by atoms with Crippen LogP contribution in [-0.2, 0) is 13.5 Å². The summed E-state index contributed by atoms with van der Waals surface area (Å²) >= 11 is 0. The van der Waals surface area contributed by atoms with Crippen LogP contribution < -0.4 is 4.74 Å². The summed E-state index contributed by atoms with van der Waals surface area (Å²) in [6, 6.07) is 9.56. The van der Waals surface area contributed by atoms with Crippen LogP contribution in [0.4, 0.5) is 0 Å². The van der Waals surface area contributed by atoms with Gasteiger partial charge < -0.3 is 9.94 Å². The highest BCUT2D eigenvalue weighted by Crippen LogP contribution is 2.14. The van der Waals surface area contributed by atoms with E-state index in [1.54, 1.807) is 6.20 Å². The maximum atomic E-state index is 8.87. The normalized spacial score (nSPS) is 11.6. The molecule has 5 nitrogen and oxygen atoms in total. The van der Waals surface area contributed by atoms with E-state index in [0.717, 1.165) is 23.4 Å². The Morgan fingerprint density at radius 1 is 1.30 bits per heavy atom. The molecule has 20 heavy (non-hydrogen) atoms. The van der Waals surface area contributed by atoms with E-state index < -0.39 is 0 Å². The molecular weight excluding hydrogens is 254 g/mol.